The zero-order chi connectivity index (χ0) is 20.6. The van der Waals surface area contributed by atoms with Crippen LogP contribution in [0.3, 0.4) is 0 Å². The normalized spacial score (nSPS) is 13.2. The van der Waals surface area contributed by atoms with Crippen LogP contribution in [0.5, 0.6) is 0 Å². The summed E-state index contributed by atoms with van der Waals surface area (Å²) in [6, 6.07) is 14.4. The third kappa shape index (κ3) is 5.67. The fraction of sp³-hybridized carbons (Fsp3) is 0.348. The highest BCUT2D eigenvalue weighted by Crippen LogP contribution is 2.14. The van der Waals surface area contributed by atoms with Crippen LogP contribution in [-0.2, 0) is 16.1 Å². The standard InChI is InChI=1S/C23H26N2O4/c1-17-6-2-3-7-20(17)22(27)24-13-12-21(26)29-16-18-8-10-19(11-9-18)23(28)25-14-4-5-15-25/h2-3,6-11H,4-5,12-16H2,1H3,(H,24,27). The number of nitrogens with one attached hydrogen (secondary N) is 1. The first-order chi connectivity index (χ1) is 14.0. The number of hydrogen-bond donors (Lipinski definition) is 1. The molecule has 6 nitrogen and oxygen atoms in total. The number of likely N-dealkylation sites (tertiary alicyclic amines) is 1. The van der Waals surface area contributed by atoms with E-state index in [1.807, 2.05) is 24.0 Å². The molecule has 0 aromatic heterocycles. The zero-order valence-electron chi connectivity index (χ0n) is 16.6. The van der Waals surface area contributed by atoms with E-state index in [1.54, 1.807) is 36.4 Å². The summed E-state index contributed by atoms with van der Waals surface area (Å²) in [4.78, 5) is 38.2. The molecule has 29 heavy (non-hydrogen) atoms. The Bertz CT molecular complexity index is 871. The van der Waals surface area contributed by atoms with Crippen molar-refractivity contribution < 1.29 is 19.1 Å². The Labute approximate surface area is 170 Å². The van der Waals surface area contributed by atoms with E-state index in [0.29, 0.717) is 11.1 Å². The Morgan fingerprint density at radius 1 is 1.00 bits per heavy atom. The lowest BCUT2D eigenvalue weighted by Gasteiger charge is -2.15. The van der Waals surface area contributed by atoms with Crippen LogP contribution in [0, 0.1) is 6.92 Å². The molecule has 0 bridgehead atoms. The van der Waals surface area contributed by atoms with E-state index in [1.165, 1.54) is 0 Å². The zero-order valence-corrected chi connectivity index (χ0v) is 16.6. The van der Waals surface area contributed by atoms with Crippen LogP contribution in [0.2, 0.25) is 0 Å². The van der Waals surface area contributed by atoms with Crippen molar-refractivity contribution in [1.29, 1.82) is 0 Å². The summed E-state index contributed by atoms with van der Waals surface area (Å²) < 4.78 is 5.25. The van der Waals surface area contributed by atoms with Crippen molar-refractivity contribution in [3.8, 4) is 0 Å². The molecular weight excluding hydrogens is 368 g/mol. The molecule has 2 aromatic carbocycles. The van der Waals surface area contributed by atoms with Gasteiger partial charge in [-0.2, -0.15) is 0 Å². The van der Waals surface area contributed by atoms with Crippen LogP contribution in [0.25, 0.3) is 0 Å². The molecule has 1 fully saturated rings. The molecule has 1 N–H and O–H groups in total. The van der Waals surface area contributed by atoms with Crippen molar-refractivity contribution in [3.05, 3.63) is 70.8 Å². The monoisotopic (exact) mass is 394 g/mol. The first-order valence-electron chi connectivity index (χ1n) is 9.92. The van der Waals surface area contributed by atoms with Crippen molar-refractivity contribution in [2.75, 3.05) is 19.6 Å². The highest BCUT2D eigenvalue weighted by atomic mass is 16.5. The third-order valence-electron chi connectivity index (χ3n) is 5.00. The average molecular weight is 394 g/mol. The average Bonchev–Trinajstić information content (AvgIpc) is 3.27. The van der Waals surface area contributed by atoms with Crippen LogP contribution in [0.4, 0.5) is 0 Å². The topological polar surface area (TPSA) is 75.7 Å². The second kappa shape index (κ2) is 9.87. The molecule has 0 radical (unpaired) electrons. The number of nitrogens with zero attached hydrogens (tertiary/aromatic N) is 1. The molecule has 0 saturated carbocycles. The molecular formula is C23H26N2O4. The number of aryl methyl sites for hydroxylation is 1. The molecule has 1 aliphatic heterocycles. The van der Waals surface area contributed by atoms with Gasteiger partial charge in [-0.25, -0.2) is 0 Å². The summed E-state index contributed by atoms with van der Waals surface area (Å²) in [5, 5.41) is 2.73. The minimum atomic E-state index is -0.382. The second-order valence-corrected chi connectivity index (χ2v) is 7.18. The van der Waals surface area contributed by atoms with Crippen LogP contribution in [-0.4, -0.2) is 42.3 Å². The molecule has 2 amide bonds. The van der Waals surface area contributed by atoms with Gasteiger partial charge in [0.25, 0.3) is 11.8 Å². The fourth-order valence-corrected chi connectivity index (χ4v) is 3.28. The molecule has 0 unspecified atom stereocenters. The van der Waals surface area contributed by atoms with E-state index in [2.05, 4.69) is 5.32 Å². The fourth-order valence-electron chi connectivity index (χ4n) is 3.28. The molecule has 1 saturated heterocycles. The Morgan fingerprint density at radius 2 is 1.69 bits per heavy atom. The van der Waals surface area contributed by atoms with Gasteiger partial charge in [-0.3, -0.25) is 14.4 Å². The van der Waals surface area contributed by atoms with E-state index < -0.39 is 0 Å². The van der Waals surface area contributed by atoms with E-state index in [9.17, 15) is 14.4 Å². The Kier molecular flexibility index (Phi) is 7.00. The molecule has 0 atom stereocenters. The van der Waals surface area contributed by atoms with Crippen molar-refractivity contribution in [1.82, 2.24) is 10.2 Å². The number of carbonyl (C=O) groups is 3. The van der Waals surface area contributed by atoms with Gasteiger partial charge in [-0.15, -0.1) is 0 Å². The molecule has 2 aromatic rings. The van der Waals surface area contributed by atoms with E-state index in [0.717, 1.165) is 37.1 Å². The van der Waals surface area contributed by atoms with Crippen molar-refractivity contribution in [2.45, 2.75) is 32.8 Å². The van der Waals surface area contributed by atoms with Crippen molar-refractivity contribution in [2.24, 2.45) is 0 Å². The van der Waals surface area contributed by atoms with Crippen LogP contribution >= 0.6 is 0 Å². The van der Waals surface area contributed by atoms with Crippen molar-refractivity contribution in [3.63, 3.8) is 0 Å². The first-order valence-corrected chi connectivity index (χ1v) is 9.92. The molecule has 152 valence electrons. The van der Waals surface area contributed by atoms with Gasteiger partial charge in [0, 0.05) is 30.8 Å². The van der Waals surface area contributed by atoms with Crippen LogP contribution < -0.4 is 5.32 Å². The number of ether oxygens (including phenoxy) is 1. The predicted octanol–water partition coefficient (Wildman–Crippen LogP) is 3.09. The largest absolute Gasteiger partial charge is 0.461 e. The van der Waals surface area contributed by atoms with Gasteiger partial charge in [0.15, 0.2) is 0 Å². The van der Waals surface area contributed by atoms with Crippen LogP contribution in [0.1, 0.15) is 51.1 Å². The molecule has 0 aliphatic carbocycles. The lowest BCUT2D eigenvalue weighted by Crippen LogP contribution is -2.27. The van der Waals surface area contributed by atoms with E-state index >= 15 is 0 Å². The second-order valence-electron chi connectivity index (χ2n) is 7.18. The lowest BCUT2D eigenvalue weighted by molar-refractivity contribution is -0.144. The molecule has 1 heterocycles. The molecule has 0 spiro atoms. The quantitative estimate of drug-likeness (QED) is 0.732. The summed E-state index contributed by atoms with van der Waals surface area (Å²) in [5.74, 6) is -0.531. The van der Waals surface area contributed by atoms with Gasteiger partial charge in [0.2, 0.25) is 0 Å². The van der Waals surface area contributed by atoms with Gasteiger partial charge < -0.3 is 15.0 Å². The molecule has 3 rings (SSSR count). The summed E-state index contributed by atoms with van der Waals surface area (Å²) >= 11 is 0. The number of esters is 1. The highest BCUT2D eigenvalue weighted by Gasteiger charge is 2.19. The van der Waals surface area contributed by atoms with E-state index in [-0.39, 0.29) is 37.4 Å². The number of amides is 2. The van der Waals surface area contributed by atoms with Gasteiger partial charge in [-0.1, -0.05) is 30.3 Å². The Balaban J connectivity index is 1.39. The Morgan fingerprint density at radius 3 is 2.38 bits per heavy atom. The summed E-state index contributed by atoms with van der Waals surface area (Å²) in [5.41, 5.74) is 2.96. The maximum atomic E-state index is 12.3. The summed E-state index contributed by atoms with van der Waals surface area (Å²) in [6.45, 7) is 3.86. The van der Waals surface area contributed by atoms with Gasteiger partial charge in [0.05, 0.1) is 6.42 Å². The number of rotatable bonds is 7. The molecule has 6 heteroatoms. The van der Waals surface area contributed by atoms with Crippen molar-refractivity contribution >= 4 is 17.8 Å². The van der Waals surface area contributed by atoms with Gasteiger partial charge in [-0.05, 0) is 49.1 Å². The van der Waals surface area contributed by atoms with Crippen LogP contribution in [0.15, 0.2) is 48.5 Å². The van der Waals surface area contributed by atoms with Gasteiger partial charge >= 0.3 is 5.97 Å². The maximum Gasteiger partial charge on any atom is 0.307 e. The van der Waals surface area contributed by atoms with E-state index in [4.69, 9.17) is 4.74 Å². The third-order valence-corrected chi connectivity index (χ3v) is 5.00. The summed E-state index contributed by atoms with van der Waals surface area (Å²) in [6.07, 6.45) is 2.22. The van der Waals surface area contributed by atoms with Gasteiger partial charge in [0.1, 0.15) is 6.61 Å². The smallest absolute Gasteiger partial charge is 0.307 e. The Hall–Kier alpha value is -3.15. The minimum Gasteiger partial charge on any atom is -0.461 e. The minimum absolute atomic E-state index is 0.0513. The number of hydrogen-bond acceptors (Lipinski definition) is 4. The first kappa shape index (κ1) is 20.6. The number of carbonyl (C=O) groups excluding carboxylic acids is 3. The molecule has 1 aliphatic rings. The maximum absolute atomic E-state index is 12.3. The summed E-state index contributed by atoms with van der Waals surface area (Å²) in [7, 11) is 0. The SMILES string of the molecule is Cc1ccccc1C(=O)NCCC(=O)OCc1ccc(C(=O)N2CCCC2)cc1. The lowest BCUT2D eigenvalue weighted by atomic mass is 10.1. The predicted molar refractivity (Wildman–Crippen MR) is 110 cm³/mol. The highest BCUT2D eigenvalue weighted by molar-refractivity contribution is 5.95. The number of benzene rings is 2.